The highest BCUT2D eigenvalue weighted by Gasteiger charge is 1.68. The van der Waals surface area contributed by atoms with Crippen molar-refractivity contribution in [1.29, 1.82) is 0 Å². The maximum absolute atomic E-state index is 4.73. The second-order valence-electron chi connectivity index (χ2n) is 1.04. The molecule has 0 unspecified atom stereocenters. The third-order valence-electron chi connectivity index (χ3n) is 0.418. The molecule has 0 aromatic rings. The second kappa shape index (κ2) is 5.50. The van der Waals surface area contributed by atoms with E-state index in [1.165, 1.54) is 0 Å². The maximum atomic E-state index is 4.73. The normalized spacial score (nSPS) is 10.0. The van der Waals surface area contributed by atoms with E-state index in [9.17, 15) is 0 Å². The van der Waals surface area contributed by atoms with Crippen LogP contribution in [0.3, 0.4) is 0 Å². The van der Waals surface area contributed by atoms with Crippen molar-refractivity contribution in [3.63, 3.8) is 0 Å². The Morgan fingerprint density at radius 1 is 1.57 bits per heavy atom. The number of hydrogen-bond donors (Lipinski definition) is 0. The maximum Gasteiger partial charge on any atom is 0.187 e. The summed E-state index contributed by atoms with van der Waals surface area (Å²) in [5, 5.41) is 0. The summed E-state index contributed by atoms with van der Waals surface area (Å²) in [4.78, 5) is 0. The Labute approximate surface area is 43.7 Å². The number of allylic oxidation sites excluding steroid dienone is 1. The summed E-state index contributed by atoms with van der Waals surface area (Å²) in [6, 6.07) is 0. The van der Waals surface area contributed by atoms with Crippen molar-refractivity contribution < 1.29 is 9.47 Å². The molecular formula is C5H10O2. The van der Waals surface area contributed by atoms with Crippen LogP contribution in [0, 0.1) is 0 Å². The van der Waals surface area contributed by atoms with Crippen molar-refractivity contribution in [2.24, 2.45) is 0 Å². The fraction of sp³-hybridized carbons (Fsp3) is 0.600. The third kappa shape index (κ3) is 5.50. The van der Waals surface area contributed by atoms with Crippen LogP contribution in [0.2, 0.25) is 0 Å². The van der Waals surface area contributed by atoms with Crippen LogP contribution in [0.5, 0.6) is 0 Å². The zero-order valence-corrected chi connectivity index (χ0v) is 4.68. The van der Waals surface area contributed by atoms with Gasteiger partial charge in [0.25, 0.3) is 0 Å². The van der Waals surface area contributed by atoms with Crippen molar-refractivity contribution in [1.82, 2.24) is 0 Å². The summed E-state index contributed by atoms with van der Waals surface area (Å²) in [5.74, 6) is 0. The second-order valence-corrected chi connectivity index (χ2v) is 1.04. The average Bonchev–Trinajstić information content (AvgIpc) is 1.69. The molecule has 0 spiro atoms. The fourth-order valence-electron chi connectivity index (χ4n) is 0.204. The summed E-state index contributed by atoms with van der Waals surface area (Å²) in [5.41, 5.74) is 0. The molecule has 0 fully saturated rings. The molecule has 2 nitrogen and oxygen atoms in total. The van der Waals surface area contributed by atoms with Crippen LogP contribution in [0.15, 0.2) is 12.3 Å². The first-order valence-electron chi connectivity index (χ1n) is 2.13. The van der Waals surface area contributed by atoms with Gasteiger partial charge in [0.05, 0.1) is 6.26 Å². The smallest absolute Gasteiger partial charge is 0.187 e. The first-order chi connectivity index (χ1) is 3.41. The van der Waals surface area contributed by atoms with Gasteiger partial charge < -0.3 is 9.47 Å². The number of ether oxygens (including phenoxy) is 2. The molecule has 0 amide bonds. The zero-order chi connectivity index (χ0) is 5.54. The quantitative estimate of drug-likeness (QED) is 0.302. The van der Waals surface area contributed by atoms with Crippen molar-refractivity contribution in [3.8, 4) is 0 Å². The Hall–Kier alpha value is -0.500. The van der Waals surface area contributed by atoms with Gasteiger partial charge in [-0.1, -0.05) is 6.08 Å². The molecule has 0 atom stereocenters. The number of rotatable bonds is 3. The zero-order valence-electron chi connectivity index (χ0n) is 4.68. The van der Waals surface area contributed by atoms with Crippen LogP contribution in [-0.2, 0) is 9.47 Å². The molecule has 0 aliphatic carbocycles. The Morgan fingerprint density at radius 2 is 2.29 bits per heavy atom. The summed E-state index contributed by atoms with van der Waals surface area (Å²) >= 11 is 0. The molecule has 0 N–H and O–H groups in total. The highest BCUT2D eigenvalue weighted by Crippen LogP contribution is 1.74. The van der Waals surface area contributed by atoms with E-state index < -0.39 is 0 Å². The fourth-order valence-corrected chi connectivity index (χ4v) is 0.204. The minimum absolute atomic E-state index is 0.338. The Bertz CT molecular complexity index is 50.0. The van der Waals surface area contributed by atoms with Crippen molar-refractivity contribution in [2.75, 3.05) is 13.9 Å². The van der Waals surface area contributed by atoms with E-state index in [4.69, 9.17) is 4.74 Å². The standard InChI is InChI=1S/C5H10O2/c1-3-4-7-5-6-2/h3-4H,5H2,1-2H3/b4-3-. The molecule has 42 valence electrons. The lowest BCUT2D eigenvalue weighted by Gasteiger charge is -1.93. The molecule has 0 saturated carbocycles. The third-order valence-corrected chi connectivity index (χ3v) is 0.418. The molecule has 2 heteroatoms. The molecule has 0 radical (unpaired) electrons. The highest BCUT2D eigenvalue weighted by atomic mass is 16.7. The van der Waals surface area contributed by atoms with Crippen molar-refractivity contribution in [3.05, 3.63) is 12.3 Å². The number of methoxy groups -OCH3 is 1. The van der Waals surface area contributed by atoms with Crippen LogP contribution in [0.4, 0.5) is 0 Å². The van der Waals surface area contributed by atoms with E-state index in [1.54, 1.807) is 19.4 Å². The van der Waals surface area contributed by atoms with Gasteiger partial charge in [-0.15, -0.1) is 0 Å². The molecule has 0 aliphatic rings. The van der Waals surface area contributed by atoms with E-state index in [0.717, 1.165) is 0 Å². The molecule has 0 heterocycles. The first-order valence-corrected chi connectivity index (χ1v) is 2.13. The van der Waals surface area contributed by atoms with Crippen LogP contribution in [0.25, 0.3) is 0 Å². The van der Waals surface area contributed by atoms with Gasteiger partial charge in [-0.05, 0) is 6.92 Å². The Kier molecular flexibility index (Phi) is 5.11. The lowest BCUT2D eigenvalue weighted by molar-refractivity contribution is 0.0198. The molecule has 0 aromatic carbocycles. The van der Waals surface area contributed by atoms with Crippen LogP contribution in [-0.4, -0.2) is 13.9 Å². The van der Waals surface area contributed by atoms with E-state index >= 15 is 0 Å². The van der Waals surface area contributed by atoms with Crippen LogP contribution in [0.1, 0.15) is 6.92 Å². The van der Waals surface area contributed by atoms with Gasteiger partial charge in [0, 0.05) is 7.11 Å². The molecule has 0 aliphatic heterocycles. The predicted molar refractivity (Wildman–Crippen MR) is 27.8 cm³/mol. The van der Waals surface area contributed by atoms with Gasteiger partial charge >= 0.3 is 0 Å². The number of hydrogen-bond acceptors (Lipinski definition) is 2. The molecule has 0 aromatic heterocycles. The minimum atomic E-state index is 0.338. The van der Waals surface area contributed by atoms with Gasteiger partial charge in [-0.25, -0.2) is 0 Å². The van der Waals surface area contributed by atoms with Gasteiger partial charge in [0.2, 0.25) is 0 Å². The lowest BCUT2D eigenvalue weighted by Crippen LogP contribution is -1.87. The Morgan fingerprint density at radius 3 is 2.71 bits per heavy atom. The summed E-state index contributed by atoms with van der Waals surface area (Å²) in [6.07, 6.45) is 3.39. The summed E-state index contributed by atoms with van der Waals surface area (Å²) in [7, 11) is 1.59. The molecule has 7 heavy (non-hydrogen) atoms. The van der Waals surface area contributed by atoms with Crippen molar-refractivity contribution >= 4 is 0 Å². The topological polar surface area (TPSA) is 18.5 Å². The van der Waals surface area contributed by atoms with E-state index in [1.807, 2.05) is 6.92 Å². The molecule has 0 bridgehead atoms. The van der Waals surface area contributed by atoms with Crippen LogP contribution >= 0.6 is 0 Å². The largest absolute Gasteiger partial charge is 0.476 e. The first kappa shape index (κ1) is 6.50. The molecular weight excluding hydrogens is 92.1 g/mol. The predicted octanol–water partition coefficient (Wildman–Crippen LogP) is 1.14. The van der Waals surface area contributed by atoms with Gasteiger partial charge in [-0.2, -0.15) is 0 Å². The van der Waals surface area contributed by atoms with Crippen LogP contribution < -0.4 is 0 Å². The molecule has 0 rings (SSSR count). The van der Waals surface area contributed by atoms with Crippen molar-refractivity contribution in [2.45, 2.75) is 6.92 Å². The SMILES string of the molecule is C/C=C\OCOC. The minimum Gasteiger partial charge on any atom is -0.476 e. The monoisotopic (exact) mass is 102 g/mol. The van der Waals surface area contributed by atoms with E-state index in [-0.39, 0.29) is 0 Å². The van der Waals surface area contributed by atoms with E-state index in [0.29, 0.717) is 6.79 Å². The lowest BCUT2D eigenvalue weighted by atomic mass is 10.7. The van der Waals surface area contributed by atoms with E-state index in [2.05, 4.69) is 4.74 Å². The molecule has 0 saturated heterocycles. The van der Waals surface area contributed by atoms with Gasteiger partial charge in [0.1, 0.15) is 0 Å². The average molecular weight is 102 g/mol. The summed E-state index contributed by atoms with van der Waals surface area (Å²) < 4.78 is 9.30. The van der Waals surface area contributed by atoms with Gasteiger partial charge in [0.15, 0.2) is 6.79 Å². The van der Waals surface area contributed by atoms with Gasteiger partial charge in [-0.3, -0.25) is 0 Å². The Balaban J connectivity index is 2.69. The summed E-state index contributed by atoms with van der Waals surface area (Å²) in [6.45, 7) is 2.22. The highest BCUT2D eigenvalue weighted by molar-refractivity contribution is 4.63.